The number of hydrogen-bond acceptors (Lipinski definition) is 6. The van der Waals surface area contributed by atoms with Crippen LogP contribution in [0.2, 0.25) is 0 Å². The second-order valence-electron chi connectivity index (χ2n) is 10.9. The van der Waals surface area contributed by atoms with Crippen LogP contribution >= 0.6 is 0 Å². The van der Waals surface area contributed by atoms with Crippen LogP contribution in [0.3, 0.4) is 0 Å². The zero-order valence-corrected chi connectivity index (χ0v) is 23.2. The van der Waals surface area contributed by atoms with Crippen molar-refractivity contribution < 1.29 is 22.3 Å². The van der Waals surface area contributed by atoms with Gasteiger partial charge in [-0.1, -0.05) is 39.0 Å². The van der Waals surface area contributed by atoms with E-state index in [0.717, 1.165) is 6.42 Å². The number of pyridine rings is 1. The van der Waals surface area contributed by atoms with Gasteiger partial charge in [0.15, 0.2) is 0 Å². The topological polar surface area (TPSA) is 88.6 Å². The van der Waals surface area contributed by atoms with Gasteiger partial charge < -0.3 is 9.64 Å². The zero-order valence-electron chi connectivity index (χ0n) is 22.4. The third-order valence-corrected chi connectivity index (χ3v) is 7.83. The molecule has 38 heavy (non-hydrogen) atoms. The minimum absolute atomic E-state index is 0.0108. The number of carbonyl (C=O) groups is 1. The van der Waals surface area contributed by atoms with Gasteiger partial charge in [-0.15, -0.1) is 0 Å². The van der Waals surface area contributed by atoms with E-state index in [0.29, 0.717) is 41.9 Å². The number of carbonyl (C=O) groups excluding carboxylic acids is 1. The van der Waals surface area contributed by atoms with Crippen molar-refractivity contribution in [3.05, 3.63) is 72.0 Å². The molecule has 0 saturated carbocycles. The fraction of sp³-hybridized carbons (Fsp3) is 0.379. The second kappa shape index (κ2) is 10.7. The normalized spacial score (nSPS) is 17.0. The van der Waals surface area contributed by atoms with E-state index in [1.54, 1.807) is 36.4 Å². The van der Waals surface area contributed by atoms with Gasteiger partial charge in [0.2, 0.25) is 0 Å². The molecule has 9 heteroatoms. The van der Waals surface area contributed by atoms with Gasteiger partial charge in [0.05, 0.1) is 22.8 Å². The average molecular weight is 540 g/mol. The summed E-state index contributed by atoms with van der Waals surface area (Å²) < 4.78 is 48.2. The number of hydrogen-bond donors (Lipinski definition) is 1. The summed E-state index contributed by atoms with van der Waals surface area (Å²) in [5.41, 5.74) is 0.750. The highest BCUT2D eigenvalue weighted by Gasteiger charge is 2.39. The second-order valence-corrected chi connectivity index (χ2v) is 12.6. The van der Waals surface area contributed by atoms with E-state index in [9.17, 15) is 17.6 Å². The molecule has 202 valence electrons. The Morgan fingerprint density at radius 1 is 1.16 bits per heavy atom. The smallest absolute Gasteiger partial charge is 0.268 e. The highest BCUT2D eigenvalue weighted by Crippen LogP contribution is 2.38. The number of nitrogens with zero attached hydrogens (tertiary/aromatic N) is 2. The number of nitrogens with one attached hydrogen (secondary N) is 1. The number of aromatic nitrogens is 1. The summed E-state index contributed by atoms with van der Waals surface area (Å²) in [4.78, 5) is 20.2. The molecule has 1 aromatic heterocycles. The van der Waals surface area contributed by atoms with Gasteiger partial charge in [-0.3, -0.25) is 4.79 Å². The Morgan fingerprint density at radius 3 is 2.50 bits per heavy atom. The van der Waals surface area contributed by atoms with Crippen LogP contribution in [0, 0.1) is 17.7 Å². The maximum Gasteiger partial charge on any atom is 0.268 e. The standard InChI is InChI=1S/C29H34FN3O4S/c1-19(2)18-37-23-14-21(13-22(30)15-23)26-12-11-25(27(31-26)33-17-20(3)16-29(33,4)5)28(34)32-38(35,36)24-9-7-6-8-10-24/h6-15,19-20H,16-18H2,1-5H3,(H,32,34)/t20-/m1/s1. The van der Waals surface area contributed by atoms with Crippen LogP contribution in [0.4, 0.5) is 10.2 Å². The van der Waals surface area contributed by atoms with Gasteiger partial charge in [-0.05, 0) is 68.5 Å². The monoisotopic (exact) mass is 539 g/mol. The van der Waals surface area contributed by atoms with Crippen LogP contribution in [0.5, 0.6) is 5.75 Å². The molecule has 0 bridgehead atoms. The molecule has 1 atom stereocenters. The average Bonchev–Trinajstić information content (AvgIpc) is 3.13. The number of ether oxygens (including phenoxy) is 1. The van der Waals surface area contributed by atoms with Crippen molar-refractivity contribution in [2.75, 3.05) is 18.1 Å². The Hall–Kier alpha value is -3.46. The summed E-state index contributed by atoms with van der Waals surface area (Å²) in [5.74, 6) is 0.115. The Bertz CT molecular complexity index is 1420. The van der Waals surface area contributed by atoms with Crippen molar-refractivity contribution in [1.29, 1.82) is 0 Å². The molecule has 0 spiro atoms. The van der Waals surface area contributed by atoms with Crippen molar-refractivity contribution in [1.82, 2.24) is 9.71 Å². The molecule has 4 rings (SSSR count). The number of halogens is 1. The summed E-state index contributed by atoms with van der Waals surface area (Å²) in [6.45, 7) is 11.3. The SMILES string of the molecule is CC(C)COc1cc(F)cc(-c2ccc(C(=O)NS(=O)(=O)c3ccccc3)c(N3C[C@H](C)CC3(C)C)n2)c1. The summed E-state index contributed by atoms with van der Waals surface area (Å²) in [5, 5.41) is 0. The summed E-state index contributed by atoms with van der Waals surface area (Å²) in [6, 6.07) is 15.3. The third kappa shape index (κ3) is 6.15. The number of rotatable bonds is 8. The number of benzene rings is 2. The summed E-state index contributed by atoms with van der Waals surface area (Å²) >= 11 is 0. The van der Waals surface area contributed by atoms with Crippen LogP contribution in [0.15, 0.2) is 65.6 Å². The van der Waals surface area contributed by atoms with E-state index in [1.165, 1.54) is 24.3 Å². The van der Waals surface area contributed by atoms with E-state index in [-0.39, 0.29) is 21.9 Å². The fourth-order valence-electron chi connectivity index (χ4n) is 4.84. The highest BCUT2D eigenvalue weighted by atomic mass is 32.2. The maximum atomic E-state index is 14.5. The largest absolute Gasteiger partial charge is 0.493 e. The Morgan fingerprint density at radius 2 is 1.87 bits per heavy atom. The number of amides is 1. The van der Waals surface area contributed by atoms with E-state index < -0.39 is 21.7 Å². The Kier molecular flexibility index (Phi) is 7.78. The minimum atomic E-state index is -4.09. The molecule has 7 nitrogen and oxygen atoms in total. The lowest BCUT2D eigenvalue weighted by molar-refractivity contribution is 0.0981. The predicted octanol–water partition coefficient (Wildman–Crippen LogP) is 5.67. The summed E-state index contributed by atoms with van der Waals surface area (Å²) in [7, 11) is -4.09. The lowest BCUT2D eigenvalue weighted by Gasteiger charge is -2.34. The lowest BCUT2D eigenvalue weighted by atomic mass is 9.97. The van der Waals surface area contributed by atoms with E-state index in [2.05, 4.69) is 25.5 Å². The fourth-order valence-corrected chi connectivity index (χ4v) is 5.83. The van der Waals surface area contributed by atoms with Crippen molar-refractivity contribution in [2.24, 2.45) is 11.8 Å². The van der Waals surface area contributed by atoms with Gasteiger partial charge in [-0.2, -0.15) is 0 Å². The van der Waals surface area contributed by atoms with E-state index >= 15 is 0 Å². The molecule has 0 aliphatic carbocycles. The van der Waals surface area contributed by atoms with Crippen molar-refractivity contribution in [3.63, 3.8) is 0 Å². The molecule has 1 fully saturated rings. The van der Waals surface area contributed by atoms with Crippen LogP contribution in [0.1, 0.15) is 51.4 Å². The van der Waals surface area contributed by atoms with Crippen molar-refractivity contribution >= 4 is 21.7 Å². The minimum Gasteiger partial charge on any atom is -0.493 e. The first-order chi connectivity index (χ1) is 17.9. The quantitative estimate of drug-likeness (QED) is 0.397. The molecule has 0 unspecified atom stereocenters. The highest BCUT2D eigenvalue weighted by molar-refractivity contribution is 7.90. The molecule has 1 aliphatic rings. The van der Waals surface area contributed by atoms with Crippen molar-refractivity contribution in [2.45, 2.75) is 51.5 Å². The van der Waals surface area contributed by atoms with Crippen LogP contribution in [-0.2, 0) is 10.0 Å². The molecular formula is C29H34FN3O4S. The van der Waals surface area contributed by atoms with E-state index in [1.807, 2.05) is 18.7 Å². The van der Waals surface area contributed by atoms with Gasteiger partial charge in [-0.25, -0.2) is 22.5 Å². The van der Waals surface area contributed by atoms with Gasteiger partial charge in [0.1, 0.15) is 17.4 Å². The zero-order chi connectivity index (χ0) is 27.7. The Balaban J connectivity index is 1.76. The molecule has 1 aliphatic heterocycles. The molecule has 0 radical (unpaired) electrons. The summed E-state index contributed by atoms with van der Waals surface area (Å²) in [6.07, 6.45) is 0.870. The Labute approximate surface area is 224 Å². The molecule has 2 aromatic carbocycles. The van der Waals surface area contributed by atoms with Crippen LogP contribution in [0.25, 0.3) is 11.3 Å². The first kappa shape index (κ1) is 27.6. The molecule has 1 saturated heterocycles. The van der Waals surface area contributed by atoms with Crippen LogP contribution < -0.4 is 14.4 Å². The van der Waals surface area contributed by atoms with Crippen molar-refractivity contribution in [3.8, 4) is 17.0 Å². The first-order valence-corrected chi connectivity index (χ1v) is 14.2. The predicted molar refractivity (Wildman–Crippen MR) is 146 cm³/mol. The van der Waals surface area contributed by atoms with E-state index in [4.69, 9.17) is 9.72 Å². The molecule has 2 heterocycles. The van der Waals surface area contributed by atoms with Crippen LogP contribution in [-0.4, -0.2) is 38.0 Å². The lowest BCUT2D eigenvalue weighted by Crippen LogP contribution is -2.41. The maximum absolute atomic E-state index is 14.5. The molecule has 3 aromatic rings. The van der Waals surface area contributed by atoms with Gasteiger partial charge in [0, 0.05) is 23.7 Å². The number of sulfonamides is 1. The molecule has 1 amide bonds. The number of anilines is 1. The molecular weight excluding hydrogens is 505 g/mol. The van der Waals surface area contributed by atoms with Gasteiger partial charge >= 0.3 is 0 Å². The molecule has 1 N–H and O–H groups in total. The van der Waals surface area contributed by atoms with Gasteiger partial charge in [0.25, 0.3) is 15.9 Å². The first-order valence-electron chi connectivity index (χ1n) is 12.7. The third-order valence-electron chi connectivity index (χ3n) is 6.48.